The van der Waals surface area contributed by atoms with Crippen LogP contribution in [0.25, 0.3) is 27.7 Å². The van der Waals surface area contributed by atoms with Crippen LogP contribution in [0.1, 0.15) is 22.0 Å². The van der Waals surface area contributed by atoms with Crippen molar-refractivity contribution in [1.29, 1.82) is 0 Å². The van der Waals surface area contributed by atoms with Crippen molar-refractivity contribution >= 4 is 28.4 Å². The molecule has 0 spiro atoms. The number of alkyl halides is 1. The number of halogens is 2. The van der Waals surface area contributed by atoms with Crippen molar-refractivity contribution < 1.29 is 13.6 Å². The highest BCUT2D eigenvalue weighted by Gasteiger charge is 2.20. The van der Waals surface area contributed by atoms with Gasteiger partial charge in [-0.05, 0) is 53.1 Å². The highest BCUT2D eigenvalue weighted by molar-refractivity contribution is 6.08. The van der Waals surface area contributed by atoms with E-state index in [0.717, 1.165) is 16.6 Å². The number of nitrogens with zero attached hydrogens (tertiary/aromatic N) is 4. The van der Waals surface area contributed by atoms with Crippen LogP contribution in [0.3, 0.4) is 0 Å². The lowest BCUT2D eigenvalue weighted by molar-refractivity contribution is 0.0931. The standard InChI is InChI=1S/C24H20F2N6O/c1-31-13-19(23(33)28-20(12-25)16-3-2-4-17(26)9-16)18-10-14(5-6-21(18)31)15-7-8-32-22(11-15)29-24(27)30-32/h2-11,13,20H,12H2,1H3,(H2,27,30)(H,28,33)/t20-/m0/s1. The maximum atomic E-state index is 13.7. The van der Waals surface area contributed by atoms with E-state index in [-0.39, 0.29) is 5.95 Å². The Balaban J connectivity index is 1.51. The van der Waals surface area contributed by atoms with Crippen LogP contribution >= 0.6 is 0 Å². The number of nitrogen functional groups attached to an aromatic ring is 1. The summed E-state index contributed by atoms with van der Waals surface area (Å²) in [5.74, 6) is -0.739. The van der Waals surface area contributed by atoms with Crippen LogP contribution in [0, 0.1) is 5.82 Å². The van der Waals surface area contributed by atoms with Crippen LogP contribution in [-0.4, -0.2) is 31.7 Å². The first-order chi connectivity index (χ1) is 15.9. The summed E-state index contributed by atoms with van der Waals surface area (Å²) in [6.45, 7) is -0.854. The first-order valence-corrected chi connectivity index (χ1v) is 10.3. The van der Waals surface area contributed by atoms with Crippen molar-refractivity contribution in [3.63, 3.8) is 0 Å². The third kappa shape index (κ3) is 3.78. The Bertz CT molecular complexity index is 1510. The number of amides is 1. The van der Waals surface area contributed by atoms with Crippen molar-refractivity contribution in [2.24, 2.45) is 7.05 Å². The molecule has 0 saturated carbocycles. The maximum Gasteiger partial charge on any atom is 0.254 e. The summed E-state index contributed by atoms with van der Waals surface area (Å²) in [5, 5.41) is 7.48. The van der Waals surface area contributed by atoms with Gasteiger partial charge in [-0.3, -0.25) is 4.79 Å². The number of carbonyl (C=O) groups is 1. The number of pyridine rings is 1. The summed E-state index contributed by atoms with van der Waals surface area (Å²) in [7, 11) is 1.84. The molecule has 0 aliphatic carbocycles. The van der Waals surface area contributed by atoms with E-state index in [1.807, 2.05) is 41.9 Å². The lowest BCUT2D eigenvalue weighted by Crippen LogP contribution is -2.29. The quantitative estimate of drug-likeness (QED) is 0.426. The number of benzene rings is 2. The zero-order chi connectivity index (χ0) is 23.1. The molecular weight excluding hydrogens is 426 g/mol. The fourth-order valence-corrected chi connectivity index (χ4v) is 4.00. The fraction of sp³-hybridized carbons (Fsp3) is 0.125. The number of rotatable bonds is 5. The molecule has 1 amide bonds. The summed E-state index contributed by atoms with van der Waals surface area (Å²) < 4.78 is 30.7. The Labute approximate surface area is 187 Å². The van der Waals surface area contributed by atoms with Gasteiger partial charge in [0.25, 0.3) is 5.91 Å². The van der Waals surface area contributed by atoms with Gasteiger partial charge in [0.2, 0.25) is 5.95 Å². The van der Waals surface area contributed by atoms with Crippen LogP contribution in [0.4, 0.5) is 14.7 Å². The minimum Gasteiger partial charge on any atom is -0.366 e. The molecule has 0 radical (unpaired) electrons. The molecule has 0 fully saturated rings. The van der Waals surface area contributed by atoms with Gasteiger partial charge in [-0.1, -0.05) is 18.2 Å². The van der Waals surface area contributed by atoms with E-state index in [0.29, 0.717) is 22.2 Å². The van der Waals surface area contributed by atoms with E-state index in [1.54, 1.807) is 23.0 Å². The van der Waals surface area contributed by atoms with Crippen molar-refractivity contribution in [2.45, 2.75) is 6.04 Å². The number of carbonyl (C=O) groups excluding carboxylic acids is 1. The summed E-state index contributed by atoms with van der Waals surface area (Å²) in [4.78, 5) is 17.3. The highest BCUT2D eigenvalue weighted by Crippen LogP contribution is 2.29. The number of nitrogens with one attached hydrogen (secondary N) is 1. The van der Waals surface area contributed by atoms with E-state index in [2.05, 4.69) is 15.4 Å². The van der Waals surface area contributed by atoms with Gasteiger partial charge < -0.3 is 15.6 Å². The smallest absolute Gasteiger partial charge is 0.254 e. The Hall–Kier alpha value is -4.27. The molecule has 0 saturated heterocycles. The molecule has 1 atom stereocenters. The maximum absolute atomic E-state index is 13.7. The molecule has 3 heterocycles. The van der Waals surface area contributed by atoms with Gasteiger partial charge in [0.05, 0.1) is 11.6 Å². The van der Waals surface area contributed by atoms with Crippen LogP contribution in [0.2, 0.25) is 0 Å². The molecule has 33 heavy (non-hydrogen) atoms. The number of fused-ring (bicyclic) bond motifs is 2. The van der Waals surface area contributed by atoms with Gasteiger partial charge in [0, 0.05) is 30.3 Å². The second-order valence-electron chi connectivity index (χ2n) is 7.81. The van der Waals surface area contributed by atoms with Gasteiger partial charge in [-0.2, -0.15) is 4.98 Å². The summed E-state index contributed by atoms with van der Waals surface area (Å²) in [6, 6.07) is 14.1. The Morgan fingerprint density at radius 3 is 2.76 bits per heavy atom. The average molecular weight is 446 g/mol. The van der Waals surface area contributed by atoms with Gasteiger partial charge in [-0.15, -0.1) is 5.10 Å². The molecule has 0 unspecified atom stereocenters. The molecule has 9 heteroatoms. The predicted octanol–water partition coefficient (Wildman–Crippen LogP) is 4.05. The van der Waals surface area contributed by atoms with Gasteiger partial charge in [0.15, 0.2) is 5.65 Å². The van der Waals surface area contributed by atoms with E-state index in [1.165, 1.54) is 18.2 Å². The second-order valence-corrected chi connectivity index (χ2v) is 7.81. The second kappa shape index (κ2) is 8.01. The van der Waals surface area contributed by atoms with Crippen LogP contribution in [0.5, 0.6) is 0 Å². The number of hydrogen-bond donors (Lipinski definition) is 2. The molecule has 7 nitrogen and oxygen atoms in total. The zero-order valence-electron chi connectivity index (χ0n) is 17.7. The van der Waals surface area contributed by atoms with Crippen molar-refractivity contribution in [3.8, 4) is 11.1 Å². The molecule has 5 rings (SSSR count). The van der Waals surface area contributed by atoms with Gasteiger partial charge in [-0.25, -0.2) is 13.3 Å². The average Bonchev–Trinajstić information content (AvgIpc) is 3.35. The minimum atomic E-state index is -0.951. The number of aryl methyl sites for hydroxylation is 1. The van der Waals surface area contributed by atoms with E-state index in [9.17, 15) is 13.6 Å². The topological polar surface area (TPSA) is 90.2 Å². The molecular formula is C24H20F2N6O. The Morgan fingerprint density at radius 1 is 1.15 bits per heavy atom. The third-order valence-electron chi connectivity index (χ3n) is 5.63. The molecule has 0 aliphatic heterocycles. The normalized spacial score (nSPS) is 12.3. The van der Waals surface area contributed by atoms with E-state index in [4.69, 9.17) is 5.73 Å². The lowest BCUT2D eigenvalue weighted by Gasteiger charge is -2.16. The lowest BCUT2D eigenvalue weighted by atomic mass is 10.0. The van der Waals surface area contributed by atoms with Crippen molar-refractivity contribution in [2.75, 3.05) is 12.4 Å². The number of anilines is 1. The Morgan fingerprint density at radius 2 is 1.97 bits per heavy atom. The van der Waals surface area contributed by atoms with Gasteiger partial charge in [0.1, 0.15) is 12.5 Å². The highest BCUT2D eigenvalue weighted by atomic mass is 19.1. The van der Waals surface area contributed by atoms with Crippen molar-refractivity contribution in [3.05, 3.63) is 83.9 Å². The molecule has 0 bridgehead atoms. The molecule has 5 aromatic rings. The fourth-order valence-electron chi connectivity index (χ4n) is 4.00. The molecule has 3 aromatic heterocycles. The minimum absolute atomic E-state index is 0.185. The number of aromatic nitrogens is 4. The third-order valence-corrected chi connectivity index (χ3v) is 5.63. The van der Waals surface area contributed by atoms with E-state index < -0.39 is 24.4 Å². The van der Waals surface area contributed by atoms with Crippen LogP contribution in [-0.2, 0) is 7.05 Å². The summed E-state index contributed by atoms with van der Waals surface area (Å²) in [6.07, 6.45) is 3.47. The zero-order valence-corrected chi connectivity index (χ0v) is 17.7. The summed E-state index contributed by atoms with van der Waals surface area (Å²) >= 11 is 0. The van der Waals surface area contributed by atoms with Crippen LogP contribution < -0.4 is 11.1 Å². The largest absolute Gasteiger partial charge is 0.366 e. The number of hydrogen-bond acceptors (Lipinski definition) is 4. The Kier molecular flexibility index (Phi) is 5.01. The van der Waals surface area contributed by atoms with Crippen molar-refractivity contribution in [1.82, 2.24) is 24.5 Å². The van der Waals surface area contributed by atoms with Gasteiger partial charge >= 0.3 is 0 Å². The van der Waals surface area contributed by atoms with Crippen LogP contribution in [0.15, 0.2) is 67.0 Å². The first-order valence-electron chi connectivity index (χ1n) is 10.3. The summed E-state index contributed by atoms with van der Waals surface area (Å²) in [5.41, 5.74) is 9.65. The molecule has 166 valence electrons. The molecule has 3 N–H and O–H groups in total. The van der Waals surface area contributed by atoms with E-state index >= 15 is 0 Å². The first kappa shape index (κ1) is 20.6. The molecule has 0 aliphatic rings. The molecule has 2 aromatic carbocycles. The predicted molar refractivity (Wildman–Crippen MR) is 122 cm³/mol. The monoisotopic (exact) mass is 446 g/mol. The number of nitrogens with two attached hydrogens (primary N) is 1. The SMILES string of the molecule is Cn1cc(C(=O)N[C@@H](CF)c2cccc(F)c2)c2cc(-c3ccn4nc(N)nc4c3)ccc21.